The third-order valence-corrected chi connectivity index (χ3v) is 5.69. The van der Waals surface area contributed by atoms with Crippen LogP contribution in [0, 0.1) is 0 Å². The fourth-order valence-corrected chi connectivity index (χ4v) is 2.74. The molecule has 0 fully saturated rings. The second-order valence-electron chi connectivity index (χ2n) is 4.07. The van der Waals surface area contributed by atoms with Gasteiger partial charge in [0.2, 0.25) is 0 Å². The molecule has 0 aliphatic carbocycles. The van der Waals surface area contributed by atoms with Gasteiger partial charge < -0.3 is 0 Å². The van der Waals surface area contributed by atoms with Gasteiger partial charge in [-0.25, -0.2) is 8.42 Å². The predicted octanol–water partition coefficient (Wildman–Crippen LogP) is 3.88. The molecular weight excluding hydrogens is 351 g/mol. The first-order chi connectivity index (χ1) is 9.88. The van der Waals surface area contributed by atoms with Crippen LogP contribution in [0.25, 0.3) is 0 Å². The second-order valence-corrected chi connectivity index (χ2v) is 8.47. The van der Waals surface area contributed by atoms with Crippen molar-refractivity contribution in [2.24, 2.45) is 0 Å². The van der Waals surface area contributed by atoms with E-state index in [1.165, 1.54) is 11.3 Å². The summed E-state index contributed by atoms with van der Waals surface area (Å²) in [6.45, 7) is 3.30. The number of aromatic nitrogens is 2. The van der Waals surface area contributed by atoms with Crippen LogP contribution in [-0.4, -0.2) is 30.1 Å². The fourth-order valence-electron chi connectivity index (χ4n) is 1.31. The molecule has 8 heteroatoms. The van der Waals surface area contributed by atoms with E-state index in [1.807, 2.05) is 12.1 Å². The Morgan fingerprint density at radius 1 is 1.19 bits per heavy atom. The van der Waals surface area contributed by atoms with E-state index in [-0.39, 0.29) is 11.5 Å². The lowest BCUT2D eigenvalue weighted by molar-refractivity contribution is 0.598. The molecule has 0 amide bonds. The van der Waals surface area contributed by atoms with Crippen LogP contribution in [0.2, 0.25) is 10.0 Å². The van der Waals surface area contributed by atoms with Crippen molar-refractivity contribution in [3.63, 3.8) is 0 Å². The van der Waals surface area contributed by atoms with Crippen LogP contribution in [0.15, 0.2) is 23.7 Å². The zero-order valence-corrected chi connectivity index (χ0v) is 14.9. The Morgan fingerprint density at radius 2 is 1.86 bits per heavy atom. The maximum atomic E-state index is 10.4. The largest absolute Gasteiger partial charge is 0.229 e. The van der Waals surface area contributed by atoms with Crippen molar-refractivity contribution in [2.45, 2.75) is 20.3 Å². The van der Waals surface area contributed by atoms with Gasteiger partial charge in [0.1, 0.15) is 20.4 Å². The number of hydrogen-bond acceptors (Lipinski definition) is 5. The molecule has 0 bridgehead atoms. The van der Waals surface area contributed by atoms with E-state index in [1.54, 1.807) is 25.4 Å². The Hall–Kier alpha value is -0.690. The molecule has 1 heterocycles. The Kier molecular flexibility index (Phi) is 7.59. The van der Waals surface area contributed by atoms with Gasteiger partial charge in [0.25, 0.3) is 0 Å². The van der Waals surface area contributed by atoms with Gasteiger partial charge in [-0.3, -0.25) is 0 Å². The van der Waals surface area contributed by atoms with Gasteiger partial charge in [-0.15, -0.1) is 21.5 Å². The molecule has 0 saturated heterocycles. The van der Waals surface area contributed by atoms with E-state index in [2.05, 4.69) is 10.2 Å². The minimum atomic E-state index is -2.66. The molecule has 0 saturated carbocycles. The Morgan fingerprint density at radius 3 is 2.29 bits per heavy atom. The quantitative estimate of drug-likeness (QED) is 0.823. The third kappa shape index (κ3) is 6.74. The zero-order chi connectivity index (χ0) is 15.9. The molecule has 0 radical (unpaired) electrons. The number of rotatable bonds is 4. The van der Waals surface area contributed by atoms with Gasteiger partial charge in [-0.05, 0) is 17.7 Å². The first-order valence-corrected chi connectivity index (χ1v) is 9.73. The van der Waals surface area contributed by atoms with Crippen molar-refractivity contribution in [1.82, 2.24) is 10.2 Å². The third-order valence-electron chi connectivity index (χ3n) is 2.64. The van der Waals surface area contributed by atoms with Gasteiger partial charge in [0, 0.05) is 28.0 Å². The summed E-state index contributed by atoms with van der Waals surface area (Å²) in [4.78, 5) is 0. The van der Waals surface area contributed by atoms with E-state index in [0.717, 1.165) is 10.6 Å². The minimum Gasteiger partial charge on any atom is -0.229 e. The Labute approximate surface area is 139 Å². The Bertz CT molecular complexity index is 649. The molecule has 2 aromatic rings. The topological polar surface area (TPSA) is 59.9 Å². The molecule has 21 heavy (non-hydrogen) atoms. The van der Waals surface area contributed by atoms with Crippen LogP contribution >= 0.6 is 34.5 Å². The van der Waals surface area contributed by atoms with Crippen LogP contribution in [-0.2, 0) is 16.3 Å². The highest BCUT2D eigenvalue weighted by Crippen LogP contribution is 2.23. The summed E-state index contributed by atoms with van der Waals surface area (Å²) in [5.41, 5.74) is 2.73. The monoisotopic (exact) mass is 366 g/mol. The lowest BCUT2D eigenvalue weighted by atomic mass is 10.2. The van der Waals surface area contributed by atoms with Crippen molar-refractivity contribution in [3.05, 3.63) is 44.3 Å². The van der Waals surface area contributed by atoms with Crippen molar-refractivity contribution in [3.8, 4) is 0 Å². The standard InChI is InChI=1S/C9H6Cl2N2S.C4H10O2S/c10-7-2-1-6(8(11)4-7)3-9-13-12-5-14-9;1-3-7(5,6)4-2/h1-2,4-5H,3H2;3-4H2,1-2H3. The molecule has 0 aliphatic heterocycles. The molecule has 0 atom stereocenters. The predicted molar refractivity (Wildman–Crippen MR) is 89.2 cm³/mol. The van der Waals surface area contributed by atoms with Crippen molar-refractivity contribution in [2.75, 3.05) is 11.5 Å². The van der Waals surface area contributed by atoms with Crippen molar-refractivity contribution in [1.29, 1.82) is 0 Å². The van der Waals surface area contributed by atoms with Gasteiger partial charge in [0.05, 0.1) is 0 Å². The van der Waals surface area contributed by atoms with E-state index in [9.17, 15) is 8.42 Å². The number of nitrogens with zero attached hydrogens (tertiary/aromatic N) is 2. The SMILES string of the molecule is CCS(=O)(=O)CC.Clc1ccc(Cc2nncs2)c(Cl)c1. The molecule has 4 nitrogen and oxygen atoms in total. The zero-order valence-electron chi connectivity index (χ0n) is 11.7. The Balaban J connectivity index is 0.000000270. The molecule has 1 aromatic heterocycles. The fraction of sp³-hybridized carbons (Fsp3) is 0.385. The summed E-state index contributed by atoms with van der Waals surface area (Å²) >= 11 is 13.3. The van der Waals surface area contributed by atoms with Gasteiger partial charge in [0.15, 0.2) is 0 Å². The highest BCUT2D eigenvalue weighted by molar-refractivity contribution is 7.91. The van der Waals surface area contributed by atoms with E-state index >= 15 is 0 Å². The van der Waals surface area contributed by atoms with Gasteiger partial charge in [-0.2, -0.15) is 0 Å². The van der Waals surface area contributed by atoms with E-state index < -0.39 is 9.84 Å². The average Bonchev–Trinajstić information content (AvgIpc) is 2.96. The molecule has 2 rings (SSSR count). The highest BCUT2D eigenvalue weighted by Gasteiger charge is 2.04. The summed E-state index contributed by atoms with van der Waals surface area (Å²) < 4.78 is 20.7. The first kappa shape index (κ1) is 18.4. The maximum Gasteiger partial charge on any atom is 0.149 e. The smallest absolute Gasteiger partial charge is 0.149 e. The number of halogens is 2. The molecule has 0 N–H and O–H groups in total. The average molecular weight is 367 g/mol. The number of benzene rings is 1. The van der Waals surface area contributed by atoms with Crippen LogP contribution in [0.5, 0.6) is 0 Å². The highest BCUT2D eigenvalue weighted by atomic mass is 35.5. The molecule has 0 aliphatic rings. The molecule has 0 spiro atoms. The normalized spacial score (nSPS) is 10.9. The van der Waals surface area contributed by atoms with Crippen molar-refractivity contribution < 1.29 is 8.42 Å². The van der Waals surface area contributed by atoms with Crippen LogP contribution in [0.4, 0.5) is 0 Å². The number of hydrogen-bond donors (Lipinski definition) is 0. The molecule has 1 aromatic carbocycles. The lowest BCUT2D eigenvalue weighted by Gasteiger charge is -2.01. The molecule has 116 valence electrons. The second kappa shape index (κ2) is 8.68. The summed E-state index contributed by atoms with van der Waals surface area (Å²) in [6.07, 6.45) is 0.709. The van der Waals surface area contributed by atoms with E-state index in [4.69, 9.17) is 23.2 Å². The molecule has 0 unspecified atom stereocenters. The van der Waals surface area contributed by atoms with Crippen LogP contribution in [0.1, 0.15) is 24.4 Å². The van der Waals surface area contributed by atoms with Gasteiger partial charge in [-0.1, -0.05) is 43.1 Å². The number of sulfone groups is 1. The minimum absolute atomic E-state index is 0.267. The van der Waals surface area contributed by atoms with Crippen LogP contribution < -0.4 is 0 Å². The van der Waals surface area contributed by atoms with Gasteiger partial charge >= 0.3 is 0 Å². The van der Waals surface area contributed by atoms with E-state index in [0.29, 0.717) is 16.5 Å². The summed E-state index contributed by atoms with van der Waals surface area (Å²) in [5.74, 6) is 0.535. The van der Waals surface area contributed by atoms with Crippen molar-refractivity contribution >= 4 is 44.4 Å². The summed E-state index contributed by atoms with van der Waals surface area (Å²) in [6, 6.07) is 5.47. The lowest BCUT2D eigenvalue weighted by Crippen LogP contribution is -2.04. The summed E-state index contributed by atoms with van der Waals surface area (Å²) in [7, 11) is -2.66. The molecular formula is C13H16Cl2N2O2S2. The first-order valence-electron chi connectivity index (χ1n) is 6.27. The summed E-state index contributed by atoms with van der Waals surface area (Å²) in [5, 5.41) is 9.99. The maximum absolute atomic E-state index is 10.4. The van der Waals surface area contributed by atoms with Crippen LogP contribution in [0.3, 0.4) is 0 Å².